The molecule has 24 heavy (non-hydrogen) atoms. The standard InChI is InChI=1S/C19H28N2O2S/c1-18(2,3)19(8-11-20)9-12-21(13-10-19)15-16-6-5-7-17(14-16)24(4,22)23/h5-7,14H,8-10,12-13,15H2,1-4H3. The molecule has 1 aliphatic rings. The van der Waals surface area contributed by atoms with Crippen LogP contribution in [0.4, 0.5) is 0 Å². The maximum absolute atomic E-state index is 11.7. The SMILES string of the molecule is CC(C)(C)C1(CC#N)CCN(Cc2cccc(S(C)(=O)=O)c2)CC1. The molecule has 0 aliphatic carbocycles. The van der Waals surface area contributed by atoms with Gasteiger partial charge in [-0.3, -0.25) is 4.90 Å². The molecule has 0 bridgehead atoms. The minimum Gasteiger partial charge on any atom is -0.299 e. The quantitative estimate of drug-likeness (QED) is 0.833. The summed E-state index contributed by atoms with van der Waals surface area (Å²) in [7, 11) is -3.17. The van der Waals surface area contributed by atoms with Crippen LogP contribution in [0.5, 0.6) is 0 Å². The summed E-state index contributed by atoms with van der Waals surface area (Å²) < 4.78 is 23.4. The van der Waals surface area contributed by atoms with Crippen LogP contribution in [0.3, 0.4) is 0 Å². The molecular formula is C19H28N2O2S. The predicted octanol–water partition coefficient (Wildman–Crippen LogP) is 3.63. The van der Waals surface area contributed by atoms with Crippen molar-refractivity contribution in [2.45, 2.75) is 51.5 Å². The Morgan fingerprint density at radius 1 is 1.25 bits per heavy atom. The molecule has 0 spiro atoms. The lowest BCUT2D eigenvalue weighted by Crippen LogP contribution is -2.46. The molecule has 0 saturated carbocycles. The molecule has 1 aromatic carbocycles. The van der Waals surface area contributed by atoms with Crippen LogP contribution in [-0.4, -0.2) is 32.7 Å². The van der Waals surface area contributed by atoms with Crippen molar-refractivity contribution in [3.05, 3.63) is 29.8 Å². The lowest BCUT2D eigenvalue weighted by atomic mass is 9.60. The third kappa shape index (κ3) is 4.17. The van der Waals surface area contributed by atoms with Gasteiger partial charge in [0.05, 0.1) is 11.0 Å². The molecule has 1 aromatic rings. The van der Waals surface area contributed by atoms with Crippen LogP contribution in [0.2, 0.25) is 0 Å². The minimum absolute atomic E-state index is 0.0762. The van der Waals surface area contributed by atoms with Crippen molar-refractivity contribution < 1.29 is 8.42 Å². The van der Waals surface area contributed by atoms with E-state index in [4.69, 9.17) is 0 Å². The Kier molecular flexibility index (Phi) is 5.41. The summed E-state index contributed by atoms with van der Waals surface area (Å²) in [4.78, 5) is 2.74. The highest BCUT2D eigenvalue weighted by molar-refractivity contribution is 7.90. The van der Waals surface area contributed by atoms with Crippen LogP contribution in [0.15, 0.2) is 29.2 Å². The first-order valence-electron chi connectivity index (χ1n) is 8.46. The van der Waals surface area contributed by atoms with E-state index in [1.54, 1.807) is 12.1 Å². The van der Waals surface area contributed by atoms with E-state index < -0.39 is 9.84 Å². The highest BCUT2D eigenvalue weighted by atomic mass is 32.2. The number of piperidine rings is 1. The molecule has 1 fully saturated rings. The van der Waals surface area contributed by atoms with Gasteiger partial charge in [0.15, 0.2) is 9.84 Å². The first-order chi connectivity index (χ1) is 11.1. The minimum atomic E-state index is -3.17. The number of rotatable bonds is 4. The average molecular weight is 349 g/mol. The number of benzene rings is 1. The smallest absolute Gasteiger partial charge is 0.175 e. The molecule has 0 amide bonds. The molecule has 2 rings (SSSR count). The summed E-state index contributed by atoms with van der Waals surface area (Å²) in [6.45, 7) is 9.35. The van der Waals surface area contributed by atoms with Crippen molar-refractivity contribution in [3.8, 4) is 6.07 Å². The van der Waals surface area contributed by atoms with Crippen LogP contribution in [0.25, 0.3) is 0 Å². The predicted molar refractivity (Wildman–Crippen MR) is 96.2 cm³/mol. The molecule has 0 radical (unpaired) electrons. The fourth-order valence-corrected chi connectivity index (χ4v) is 4.31. The highest BCUT2D eigenvalue weighted by Gasteiger charge is 2.43. The van der Waals surface area contributed by atoms with Crippen LogP contribution in [-0.2, 0) is 16.4 Å². The van der Waals surface area contributed by atoms with Gasteiger partial charge in [0.1, 0.15) is 0 Å². The summed E-state index contributed by atoms with van der Waals surface area (Å²) >= 11 is 0. The Bertz CT molecular complexity index is 718. The third-order valence-corrected chi connectivity index (χ3v) is 6.66. The molecule has 132 valence electrons. The molecule has 0 aromatic heterocycles. The van der Waals surface area contributed by atoms with Gasteiger partial charge in [-0.25, -0.2) is 8.42 Å². The van der Waals surface area contributed by atoms with Crippen molar-refractivity contribution >= 4 is 9.84 Å². The van der Waals surface area contributed by atoms with Gasteiger partial charge in [-0.2, -0.15) is 5.26 Å². The second-order valence-electron chi connectivity index (χ2n) is 8.06. The third-order valence-electron chi connectivity index (χ3n) is 5.55. The number of nitriles is 1. The van der Waals surface area contributed by atoms with E-state index in [2.05, 4.69) is 31.7 Å². The lowest BCUT2D eigenvalue weighted by Gasteiger charge is -2.49. The summed E-state index contributed by atoms with van der Waals surface area (Å²) in [6, 6.07) is 9.60. The molecule has 5 heteroatoms. The van der Waals surface area contributed by atoms with Gasteiger partial charge >= 0.3 is 0 Å². The van der Waals surface area contributed by atoms with E-state index >= 15 is 0 Å². The molecule has 4 nitrogen and oxygen atoms in total. The second-order valence-corrected chi connectivity index (χ2v) is 10.1. The molecule has 1 saturated heterocycles. The van der Waals surface area contributed by atoms with Gasteiger partial charge in [-0.15, -0.1) is 0 Å². The van der Waals surface area contributed by atoms with Crippen LogP contribution in [0.1, 0.15) is 45.6 Å². The maximum Gasteiger partial charge on any atom is 0.175 e. The largest absolute Gasteiger partial charge is 0.299 e. The molecule has 1 heterocycles. The highest BCUT2D eigenvalue weighted by Crippen LogP contribution is 2.49. The summed E-state index contributed by atoms with van der Waals surface area (Å²) in [5.41, 5.74) is 1.22. The Balaban J connectivity index is 2.07. The number of likely N-dealkylation sites (tertiary alicyclic amines) is 1. The lowest BCUT2D eigenvalue weighted by molar-refractivity contribution is 0.00709. The summed E-state index contributed by atoms with van der Waals surface area (Å²) in [6.07, 6.45) is 3.87. The zero-order valence-corrected chi connectivity index (χ0v) is 16.0. The maximum atomic E-state index is 11.7. The van der Waals surface area contributed by atoms with Crippen LogP contribution >= 0.6 is 0 Å². The molecule has 0 unspecified atom stereocenters. The fraction of sp³-hybridized carbons (Fsp3) is 0.632. The fourth-order valence-electron chi connectivity index (χ4n) is 3.62. The average Bonchev–Trinajstić information content (AvgIpc) is 2.48. The zero-order valence-electron chi connectivity index (χ0n) is 15.2. The molecule has 0 atom stereocenters. The normalized spacial score (nSPS) is 19.0. The second kappa shape index (κ2) is 6.85. The van der Waals surface area contributed by atoms with Crippen molar-refractivity contribution in [2.24, 2.45) is 10.8 Å². The molecule has 1 aliphatic heterocycles. The Hall–Kier alpha value is -1.38. The van der Waals surface area contributed by atoms with Crippen molar-refractivity contribution in [1.82, 2.24) is 4.90 Å². The van der Waals surface area contributed by atoms with Crippen molar-refractivity contribution in [2.75, 3.05) is 19.3 Å². The van der Waals surface area contributed by atoms with E-state index in [9.17, 15) is 13.7 Å². The van der Waals surface area contributed by atoms with Crippen molar-refractivity contribution in [1.29, 1.82) is 5.26 Å². The first-order valence-corrected chi connectivity index (χ1v) is 10.3. The van der Waals surface area contributed by atoms with Crippen molar-refractivity contribution in [3.63, 3.8) is 0 Å². The number of hydrogen-bond donors (Lipinski definition) is 0. The number of sulfone groups is 1. The topological polar surface area (TPSA) is 61.2 Å². The Morgan fingerprint density at radius 2 is 1.88 bits per heavy atom. The monoisotopic (exact) mass is 348 g/mol. The van der Waals surface area contributed by atoms with Gasteiger partial charge in [0, 0.05) is 19.2 Å². The van der Waals surface area contributed by atoms with E-state index in [0.717, 1.165) is 38.0 Å². The summed E-state index contributed by atoms with van der Waals surface area (Å²) in [5.74, 6) is 0. The van der Waals surface area contributed by atoms with Gasteiger partial charge < -0.3 is 0 Å². The Morgan fingerprint density at radius 3 is 2.38 bits per heavy atom. The van der Waals surface area contributed by atoms with Gasteiger partial charge in [0.25, 0.3) is 0 Å². The van der Waals surface area contributed by atoms with Crippen LogP contribution < -0.4 is 0 Å². The molecular weight excluding hydrogens is 320 g/mol. The Labute approximate surface area is 146 Å². The van der Waals surface area contributed by atoms with E-state index in [1.807, 2.05) is 12.1 Å². The number of nitrogens with zero attached hydrogens (tertiary/aromatic N) is 2. The summed E-state index contributed by atoms with van der Waals surface area (Å²) in [5, 5.41) is 9.23. The van der Waals surface area contributed by atoms with Gasteiger partial charge in [-0.05, 0) is 54.5 Å². The number of hydrogen-bond acceptors (Lipinski definition) is 4. The van der Waals surface area contributed by atoms with E-state index in [1.165, 1.54) is 6.26 Å². The molecule has 0 N–H and O–H groups in total. The first kappa shape index (κ1) is 19.0. The zero-order chi connectivity index (χ0) is 18.0. The van der Waals surface area contributed by atoms with Crippen LogP contribution in [0, 0.1) is 22.2 Å². The van der Waals surface area contributed by atoms with E-state index in [-0.39, 0.29) is 10.8 Å². The van der Waals surface area contributed by atoms with E-state index in [0.29, 0.717) is 11.3 Å². The van der Waals surface area contributed by atoms with Gasteiger partial charge in [-0.1, -0.05) is 32.9 Å². The van der Waals surface area contributed by atoms with Gasteiger partial charge in [0.2, 0.25) is 0 Å².